The first-order valence-corrected chi connectivity index (χ1v) is 12.2. The number of carbonyl (C=O) groups is 2. The summed E-state index contributed by atoms with van der Waals surface area (Å²) in [5.74, 6) is 0.524. The minimum atomic E-state index is -0.379. The van der Waals surface area contributed by atoms with Crippen molar-refractivity contribution < 1.29 is 9.59 Å². The lowest BCUT2D eigenvalue weighted by Gasteiger charge is -2.21. The van der Waals surface area contributed by atoms with Crippen molar-refractivity contribution in [3.63, 3.8) is 0 Å². The summed E-state index contributed by atoms with van der Waals surface area (Å²) in [5.41, 5.74) is 6.50. The van der Waals surface area contributed by atoms with Crippen LogP contribution in [-0.4, -0.2) is 17.4 Å². The highest BCUT2D eigenvalue weighted by atomic mass is 32.2. The third-order valence-corrected chi connectivity index (χ3v) is 6.40. The Labute approximate surface area is 197 Å². The van der Waals surface area contributed by atoms with Gasteiger partial charge in [-0.3, -0.25) is 14.3 Å². The average molecular weight is 456 g/mol. The number of anilines is 1. The number of nitrogens with two attached hydrogens (primary N) is 1. The van der Waals surface area contributed by atoms with Gasteiger partial charge in [-0.05, 0) is 81.5 Å². The zero-order valence-electron chi connectivity index (χ0n) is 19.5. The van der Waals surface area contributed by atoms with Crippen LogP contribution in [-0.2, 0) is 4.79 Å². The number of carbonyl (C=O) groups excluding carboxylic acids is 2. The van der Waals surface area contributed by atoms with E-state index in [0.717, 1.165) is 22.9 Å². The lowest BCUT2D eigenvalue weighted by atomic mass is 9.86. The van der Waals surface area contributed by atoms with E-state index in [9.17, 15) is 9.59 Å². The molecule has 3 rings (SSSR count). The molecule has 0 heterocycles. The molecule has 0 bridgehead atoms. The Hall–Kier alpha value is -2.31. The van der Waals surface area contributed by atoms with Crippen molar-refractivity contribution in [2.45, 2.75) is 76.2 Å². The van der Waals surface area contributed by atoms with Gasteiger partial charge in [0.25, 0.3) is 0 Å². The van der Waals surface area contributed by atoms with Crippen LogP contribution in [0.2, 0.25) is 0 Å². The van der Waals surface area contributed by atoms with Crippen LogP contribution in [0.4, 0.5) is 5.69 Å². The number of rotatable bonds is 7. The molecule has 4 N–H and O–H groups in total. The molecule has 2 aromatic carbocycles. The summed E-state index contributed by atoms with van der Waals surface area (Å²) in [6.07, 6.45) is 8.35. The normalized spacial score (nSPS) is 14.2. The quantitative estimate of drug-likeness (QED) is 0.436. The van der Waals surface area contributed by atoms with Crippen LogP contribution >= 0.6 is 11.9 Å². The fraction of sp³-hybridized carbons (Fsp3) is 0.462. The van der Waals surface area contributed by atoms with Crippen molar-refractivity contribution in [1.82, 2.24) is 4.72 Å². The van der Waals surface area contributed by atoms with Gasteiger partial charge in [0, 0.05) is 28.1 Å². The van der Waals surface area contributed by atoms with E-state index in [0.29, 0.717) is 12.0 Å². The zero-order valence-corrected chi connectivity index (χ0v) is 20.3. The predicted molar refractivity (Wildman–Crippen MR) is 135 cm³/mol. The number of primary amides is 1. The van der Waals surface area contributed by atoms with Gasteiger partial charge >= 0.3 is 0 Å². The van der Waals surface area contributed by atoms with Gasteiger partial charge in [-0.15, -0.1) is 0 Å². The minimum Gasteiger partial charge on any atom is -0.366 e. The molecule has 0 spiro atoms. The summed E-state index contributed by atoms with van der Waals surface area (Å²) in [5, 5.41) is 3.01. The second kappa shape index (κ2) is 13.3. The van der Waals surface area contributed by atoms with Crippen LogP contribution in [0.5, 0.6) is 0 Å². The van der Waals surface area contributed by atoms with E-state index in [1.54, 1.807) is 36.2 Å². The van der Waals surface area contributed by atoms with Crippen LogP contribution in [0.1, 0.15) is 76.1 Å². The van der Waals surface area contributed by atoms with Crippen molar-refractivity contribution >= 4 is 29.4 Å². The molecule has 1 aliphatic carbocycles. The van der Waals surface area contributed by atoms with Crippen molar-refractivity contribution in [3.8, 4) is 0 Å². The summed E-state index contributed by atoms with van der Waals surface area (Å²) in [7, 11) is 0. The first kappa shape index (κ1) is 25.9. The molecule has 1 saturated carbocycles. The molecule has 1 aliphatic rings. The first-order valence-electron chi connectivity index (χ1n) is 11.4. The number of hydrogen-bond acceptors (Lipinski definition) is 4. The fourth-order valence-corrected chi connectivity index (χ4v) is 4.15. The van der Waals surface area contributed by atoms with E-state index >= 15 is 0 Å². The van der Waals surface area contributed by atoms with E-state index in [1.807, 2.05) is 30.3 Å². The number of nitrogens with one attached hydrogen (secondary N) is 2. The molecule has 2 aromatic rings. The molecule has 5 nitrogen and oxygen atoms in total. The number of hydrogen-bond donors (Lipinski definition) is 3. The summed E-state index contributed by atoms with van der Waals surface area (Å²) in [6, 6.07) is 16.8. The molecule has 32 heavy (non-hydrogen) atoms. The van der Waals surface area contributed by atoms with Gasteiger partial charge in [-0.1, -0.05) is 50.3 Å². The predicted octanol–water partition coefficient (Wildman–Crippen LogP) is 6.17. The lowest BCUT2D eigenvalue weighted by Crippen LogP contribution is -2.29. The van der Waals surface area contributed by atoms with Gasteiger partial charge in [-0.25, -0.2) is 0 Å². The van der Waals surface area contributed by atoms with Gasteiger partial charge in [0.2, 0.25) is 11.8 Å². The Bertz CT molecular complexity index is 826. The van der Waals surface area contributed by atoms with Gasteiger partial charge < -0.3 is 11.1 Å². The number of amides is 2. The van der Waals surface area contributed by atoms with Crippen molar-refractivity contribution in [3.05, 3.63) is 60.2 Å². The van der Waals surface area contributed by atoms with E-state index in [-0.39, 0.29) is 17.4 Å². The largest absolute Gasteiger partial charge is 0.366 e. The first-order chi connectivity index (χ1) is 15.2. The van der Waals surface area contributed by atoms with Gasteiger partial charge in [0.05, 0.1) is 0 Å². The maximum Gasteiger partial charge on any atom is 0.248 e. The van der Waals surface area contributed by atoms with Gasteiger partial charge in [0.1, 0.15) is 0 Å². The Kier molecular flexibility index (Phi) is 10.8. The van der Waals surface area contributed by atoms with Crippen LogP contribution in [0.25, 0.3) is 0 Å². The molecule has 1 fully saturated rings. The Morgan fingerprint density at radius 3 is 2.12 bits per heavy atom. The van der Waals surface area contributed by atoms with E-state index in [2.05, 4.69) is 30.8 Å². The summed E-state index contributed by atoms with van der Waals surface area (Å²) >= 11 is 1.62. The smallest absolute Gasteiger partial charge is 0.248 e. The molecule has 0 radical (unpaired) electrons. The standard InChI is InChI=1S/C19H30N2OS.C7H7NO/c1-19(2,3)21-23-17-12-10-16(11-13-17)20-18(22)14-9-15-7-5-4-6-8-15;8-7(9)6-4-2-1-3-5-6/h10-13,15,21H,4-9,14H2,1-3H3,(H,20,22);1-5H,(H2,8,9). The van der Waals surface area contributed by atoms with Gasteiger partial charge in [-0.2, -0.15) is 0 Å². The minimum absolute atomic E-state index is 0.0800. The van der Waals surface area contributed by atoms with E-state index < -0.39 is 0 Å². The van der Waals surface area contributed by atoms with Crippen LogP contribution in [0.15, 0.2) is 59.5 Å². The number of benzene rings is 2. The Morgan fingerprint density at radius 1 is 0.969 bits per heavy atom. The second-order valence-electron chi connectivity index (χ2n) is 9.30. The molecular formula is C26H37N3O2S. The summed E-state index contributed by atoms with van der Waals surface area (Å²) < 4.78 is 3.38. The molecule has 0 aromatic heterocycles. The van der Waals surface area contributed by atoms with Crippen molar-refractivity contribution in [1.29, 1.82) is 0 Å². The Morgan fingerprint density at radius 2 is 1.59 bits per heavy atom. The topological polar surface area (TPSA) is 84.2 Å². The molecule has 0 unspecified atom stereocenters. The highest BCUT2D eigenvalue weighted by Gasteiger charge is 2.15. The molecule has 6 heteroatoms. The Balaban J connectivity index is 0.000000336. The molecule has 0 atom stereocenters. The van der Waals surface area contributed by atoms with Crippen molar-refractivity contribution in [2.24, 2.45) is 11.7 Å². The lowest BCUT2D eigenvalue weighted by molar-refractivity contribution is -0.116. The van der Waals surface area contributed by atoms with E-state index in [4.69, 9.17) is 5.73 Å². The molecule has 0 aliphatic heterocycles. The van der Waals surface area contributed by atoms with E-state index in [1.165, 1.54) is 32.1 Å². The third-order valence-electron chi connectivity index (χ3n) is 5.18. The maximum atomic E-state index is 12.1. The summed E-state index contributed by atoms with van der Waals surface area (Å²) in [6.45, 7) is 6.42. The fourth-order valence-electron chi connectivity index (χ4n) is 3.46. The van der Waals surface area contributed by atoms with Crippen LogP contribution in [0, 0.1) is 5.92 Å². The molecule has 0 saturated heterocycles. The zero-order chi connectivity index (χ0) is 23.4. The molecule has 174 valence electrons. The van der Waals surface area contributed by atoms with Crippen LogP contribution < -0.4 is 15.8 Å². The molecule has 2 amide bonds. The van der Waals surface area contributed by atoms with Gasteiger partial charge in [0.15, 0.2) is 0 Å². The highest BCUT2D eigenvalue weighted by molar-refractivity contribution is 7.97. The average Bonchev–Trinajstić information content (AvgIpc) is 2.78. The summed E-state index contributed by atoms with van der Waals surface area (Å²) in [4.78, 5) is 23.6. The third kappa shape index (κ3) is 10.8. The monoisotopic (exact) mass is 455 g/mol. The van der Waals surface area contributed by atoms with Crippen LogP contribution in [0.3, 0.4) is 0 Å². The highest BCUT2D eigenvalue weighted by Crippen LogP contribution is 2.27. The maximum absolute atomic E-state index is 12.1. The second-order valence-corrected chi connectivity index (χ2v) is 10.2. The SMILES string of the molecule is CC(C)(C)NSc1ccc(NC(=O)CCC2CCCCC2)cc1.NC(=O)c1ccccc1. The van der Waals surface area contributed by atoms with Crippen molar-refractivity contribution in [2.75, 3.05) is 5.32 Å². The molecular weight excluding hydrogens is 418 g/mol.